The lowest BCUT2D eigenvalue weighted by molar-refractivity contribution is -0.151. The summed E-state index contributed by atoms with van der Waals surface area (Å²) in [5.41, 5.74) is 0.440. The minimum Gasteiger partial charge on any atom is -0.379 e. The Labute approximate surface area is 120 Å². The molecule has 1 saturated heterocycles. The van der Waals surface area contributed by atoms with E-state index in [1.165, 1.54) is 0 Å². The standard InChI is InChI=1S/C15H14BrNO2/c1-15(8-19-9-15)14(18)17-11-5-6-12-10(7-11)3-2-4-13(12)16/h2-7H,8-9H2,1H3,(H,17,18). The molecule has 0 unspecified atom stereocenters. The third-order valence-electron chi connectivity index (χ3n) is 3.47. The zero-order valence-corrected chi connectivity index (χ0v) is 12.2. The first-order chi connectivity index (χ1) is 9.08. The molecule has 1 aliphatic heterocycles. The second kappa shape index (κ2) is 4.62. The quantitative estimate of drug-likeness (QED) is 0.918. The number of carbonyl (C=O) groups excluding carboxylic acids is 1. The van der Waals surface area contributed by atoms with Crippen molar-refractivity contribution in [2.45, 2.75) is 6.92 Å². The van der Waals surface area contributed by atoms with Crippen LogP contribution in [0.15, 0.2) is 40.9 Å². The van der Waals surface area contributed by atoms with Crippen molar-refractivity contribution >= 4 is 38.3 Å². The van der Waals surface area contributed by atoms with Crippen LogP contribution in [-0.2, 0) is 9.53 Å². The highest BCUT2D eigenvalue weighted by atomic mass is 79.9. The first kappa shape index (κ1) is 12.6. The molecule has 0 spiro atoms. The molecule has 0 aliphatic carbocycles. The fourth-order valence-electron chi connectivity index (χ4n) is 2.14. The van der Waals surface area contributed by atoms with Gasteiger partial charge in [0.15, 0.2) is 0 Å². The second-order valence-electron chi connectivity index (χ2n) is 5.18. The van der Waals surface area contributed by atoms with Crippen molar-refractivity contribution in [3.8, 4) is 0 Å². The van der Waals surface area contributed by atoms with E-state index in [1.807, 2.05) is 43.3 Å². The van der Waals surface area contributed by atoms with E-state index in [9.17, 15) is 4.79 Å². The van der Waals surface area contributed by atoms with Gasteiger partial charge in [0.1, 0.15) is 0 Å². The zero-order chi connectivity index (χ0) is 13.5. The number of halogens is 1. The molecule has 1 aliphatic rings. The number of rotatable bonds is 2. The van der Waals surface area contributed by atoms with Gasteiger partial charge < -0.3 is 10.1 Å². The summed E-state index contributed by atoms with van der Waals surface area (Å²) in [5, 5.41) is 5.20. The number of hydrogen-bond donors (Lipinski definition) is 1. The number of hydrogen-bond acceptors (Lipinski definition) is 2. The van der Waals surface area contributed by atoms with Crippen molar-refractivity contribution in [1.29, 1.82) is 0 Å². The van der Waals surface area contributed by atoms with Gasteiger partial charge in [-0.05, 0) is 35.9 Å². The minimum absolute atomic E-state index is 0.0214. The SMILES string of the molecule is CC1(C(=O)Nc2ccc3c(Br)cccc3c2)COC1. The van der Waals surface area contributed by atoms with E-state index in [4.69, 9.17) is 4.74 Å². The molecule has 4 heteroatoms. The topological polar surface area (TPSA) is 38.3 Å². The van der Waals surface area contributed by atoms with Gasteiger partial charge in [0.25, 0.3) is 0 Å². The molecule has 1 heterocycles. The summed E-state index contributed by atoms with van der Waals surface area (Å²) in [4.78, 5) is 12.1. The molecule has 2 aromatic carbocycles. The van der Waals surface area contributed by atoms with Crippen LogP contribution in [0.5, 0.6) is 0 Å². The Morgan fingerprint density at radius 1 is 1.32 bits per heavy atom. The van der Waals surface area contributed by atoms with E-state index in [-0.39, 0.29) is 11.3 Å². The van der Waals surface area contributed by atoms with E-state index < -0.39 is 0 Å². The normalized spacial score (nSPS) is 16.9. The molecule has 98 valence electrons. The lowest BCUT2D eigenvalue weighted by Gasteiger charge is -2.36. The Balaban J connectivity index is 1.88. The largest absolute Gasteiger partial charge is 0.379 e. The van der Waals surface area contributed by atoms with Crippen LogP contribution < -0.4 is 5.32 Å². The average Bonchev–Trinajstić information content (AvgIpc) is 2.36. The lowest BCUT2D eigenvalue weighted by Crippen LogP contribution is -2.49. The number of carbonyl (C=O) groups is 1. The van der Waals surface area contributed by atoms with Crippen molar-refractivity contribution < 1.29 is 9.53 Å². The lowest BCUT2D eigenvalue weighted by atomic mass is 9.87. The van der Waals surface area contributed by atoms with E-state index in [0.29, 0.717) is 13.2 Å². The molecular formula is C15H14BrNO2. The Kier molecular flexibility index (Phi) is 3.07. The van der Waals surface area contributed by atoms with Gasteiger partial charge in [-0.2, -0.15) is 0 Å². The zero-order valence-electron chi connectivity index (χ0n) is 10.6. The molecular weight excluding hydrogens is 306 g/mol. The molecule has 0 radical (unpaired) electrons. The van der Waals surface area contributed by atoms with E-state index >= 15 is 0 Å². The molecule has 0 atom stereocenters. The summed E-state index contributed by atoms with van der Waals surface area (Å²) in [6.45, 7) is 2.92. The van der Waals surface area contributed by atoms with Crippen LogP contribution in [0, 0.1) is 5.41 Å². The fourth-order valence-corrected chi connectivity index (χ4v) is 2.66. The highest BCUT2D eigenvalue weighted by Gasteiger charge is 2.41. The predicted molar refractivity (Wildman–Crippen MR) is 79.2 cm³/mol. The summed E-state index contributed by atoms with van der Waals surface area (Å²) in [6, 6.07) is 11.9. The van der Waals surface area contributed by atoms with Crippen molar-refractivity contribution in [3.63, 3.8) is 0 Å². The third kappa shape index (κ3) is 2.26. The molecule has 2 aromatic rings. The number of nitrogens with one attached hydrogen (secondary N) is 1. The van der Waals surface area contributed by atoms with Crippen LogP contribution in [0.3, 0.4) is 0 Å². The van der Waals surface area contributed by atoms with Crippen LogP contribution in [-0.4, -0.2) is 19.1 Å². The van der Waals surface area contributed by atoms with Gasteiger partial charge in [0.2, 0.25) is 5.91 Å². The monoisotopic (exact) mass is 319 g/mol. The van der Waals surface area contributed by atoms with Crippen LogP contribution in [0.4, 0.5) is 5.69 Å². The fraction of sp³-hybridized carbons (Fsp3) is 0.267. The van der Waals surface area contributed by atoms with Crippen molar-refractivity contribution in [2.24, 2.45) is 5.41 Å². The van der Waals surface area contributed by atoms with Crippen LogP contribution >= 0.6 is 15.9 Å². The van der Waals surface area contributed by atoms with Crippen molar-refractivity contribution in [3.05, 3.63) is 40.9 Å². The highest BCUT2D eigenvalue weighted by molar-refractivity contribution is 9.10. The maximum absolute atomic E-state index is 12.1. The number of benzene rings is 2. The third-order valence-corrected chi connectivity index (χ3v) is 4.17. The van der Waals surface area contributed by atoms with Gasteiger partial charge in [-0.1, -0.05) is 34.1 Å². The van der Waals surface area contributed by atoms with Crippen molar-refractivity contribution in [1.82, 2.24) is 0 Å². The van der Waals surface area contributed by atoms with E-state index in [0.717, 1.165) is 20.9 Å². The average molecular weight is 320 g/mol. The highest BCUT2D eigenvalue weighted by Crippen LogP contribution is 2.30. The predicted octanol–water partition coefficient (Wildman–Crippen LogP) is 3.58. The maximum Gasteiger partial charge on any atom is 0.234 e. The van der Waals surface area contributed by atoms with Gasteiger partial charge >= 0.3 is 0 Å². The number of anilines is 1. The number of fused-ring (bicyclic) bond motifs is 1. The first-order valence-corrected chi connectivity index (χ1v) is 6.95. The van der Waals surface area contributed by atoms with E-state index in [2.05, 4.69) is 21.2 Å². The number of amides is 1. The van der Waals surface area contributed by atoms with Gasteiger partial charge in [0.05, 0.1) is 18.6 Å². The smallest absolute Gasteiger partial charge is 0.234 e. The van der Waals surface area contributed by atoms with E-state index in [1.54, 1.807) is 0 Å². The summed E-state index contributed by atoms with van der Waals surface area (Å²) in [6.07, 6.45) is 0. The molecule has 0 bridgehead atoms. The van der Waals surface area contributed by atoms with Gasteiger partial charge in [0, 0.05) is 10.2 Å². The molecule has 1 fully saturated rings. The Morgan fingerprint density at radius 2 is 2.11 bits per heavy atom. The Bertz CT molecular complexity index is 650. The van der Waals surface area contributed by atoms with Crippen LogP contribution in [0.1, 0.15) is 6.92 Å². The minimum atomic E-state index is -0.383. The summed E-state index contributed by atoms with van der Waals surface area (Å²) in [5.74, 6) is 0.0214. The molecule has 0 saturated carbocycles. The van der Waals surface area contributed by atoms with Gasteiger partial charge in [-0.25, -0.2) is 0 Å². The molecule has 0 aromatic heterocycles. The summed E-state index contributed by atoms with van der Waals surface area (Å²) in [7, 11) is 0. The van der Waals surface area contributed by atoms with Crippen molar-refractivity contribution in [2.75, 3.05) is 18.5 Å². The summed E-state index contributed by atoms with van der Waals surface area (Å²) >= 11 is 3.52. The second-order valence-corrected chi connectivity index (χ2v) is 6.04. The molecule has 3 nitrogen and oxygen atoms in total. The Hall–Kier alpha value is -1.39. The maximum atomic E-state index is 12.1. The molecule has 1 N–H and O–H groups in total. The van der Waals surface area contributed by atoms with Gasteiger partial charge in [-0.15, -0.1) is 0 Å². The molecule has 3 rings (SSSR count). The molecule has 1 amide bonds. The number of ether oxygens (including phenoxy) is 1. The molecule has 19 heavy (non-hydrogen) atoms. The van der Waals surface area contributed by atoms with Crippen LogP contribution in [0.25, 0.3) is 10.8 Å². The summed E-state index contributed by atoms with van der Waals surface area (Å²) < 4.78 is 6.17. The van der Waals surface area contributed by atoms with Crippen LogP contribution in [0.2, 0.25) is 0 Å². The Morgan fingerprint density at radius 3 is 2.79 bits per heavy atom. The van der Waals surface area contributed by atoms with Gasteiger partial charge in [-0.3, -0.25) is 4.79 Å². The first-order valence-electron chi connectivity index (χ1n) is 6.16.